The summed E-state index contributed by atoms with van der Waals surface area (Å²) in [6, 6.07) is 7.81. The monoisotopic (exact) mass is 456 g/mol. The Balaban J connectivity index is 1.71. The first kappa shape index (κ1) is 24.5. The fraction of sp³-hybridized carbons (Fsp3) is 0.480. The summed E-state index contributed by atoms with van der Waals surface area (Å²) in [5.74, 6) is -1.31. The van der Waals surface area contributed by atoms with Crippen LogP contribution in [0, 0.1) is 0 Å². The van der Waals surface area contributed by atoms with Gasteiger partial charge in [-0.05, 0) is 57.2 Å². The number of carbonyl (C=O) groups is 3. The molecule has 0 saturated carbocycles. The van der Waals surface area contributed by atoms with Crippen LogP contribution in [0.4, 0.5) is 4.79 Å². The zero-order valence-electron chi connectivity index (χ0n) is 20.0. The average Bonchev–Trinajstić information content (AvgIpc) is 3.16. The van der Waals surface area contributed by atoms with Gasteiger partial charge in [-0.3, -0.25) is 4.57 Å². The first-order chi connectivity index (χ1) is 15.6. The van der Waals surface area contributed by atoms with Crippen molar-refractivity contribution in [2.75, 3.05) is 33.9 Å². The number of ether oxygens (including phenoxy) is 3. The van der Waals surface area contributed by atoms with Crippen LogP contribution in [0.25, 0.3) is 10.9 Å². The second-order valence-corrected chi connectivity index (χ2v) is 9.08. The Hall–Kier alpha value is -3.13. The van der Waals surface area contributed by atoms with Crippen LogP contribution in [0.1, 0.15) is 39.2 Å². The number of fused-ring (bicyclic) bond motifs is 1. The van der Waals surface area contributed by atoms with Crippen LogP contribution in [0.2, 0.25) is 0 Å². The number of rotatable bonds is 5. The summed E-state index contributed by atoms with van der Waals surface area (Å²) in [6.45, 7) is 7.78. The summed E-state index contributed by atoms with van der Waals surface area (Å²) in [4.78, 5) is 39.1. The van der Waals surface area contributed by atoms with Gasteiger partial charge >= 0.3 is 18.0 Å². The highest BCUT2D eigenvalue weighted by Crippen LogP contribution is 2.25. The molecule has 1 aromatic heterocycles. The molecule has 2 heterocycles. The third-order valence-electron chi connectivity index (χ3n) is 5.67. The van der Waals surface area contributed by atoms with Crippen molar-refractivity contribution in [1.82, 2.24) is 9.47 Å². The van der Waals surface area contributed by atoms with E-state index in [-0.39, 0.29) is 5.57 Å². The fourth-order valence-electron chi connectivity index (χ4n) is 4.06. The van der Waals surface area contributed by atoms with Gasteiger partial charge in [0, 0.05) is 31.2 Å². The molecule has 1 saturated heterocycles. The maximum absolute atomic E-state index is 12.7. The molecule has 0 atom stereocenters. The Bertz CT molecular complexity index is 1050. The Kier molecular flexibility index (Phi) is 7.58. The smallest absolute Gasteiger partial charge is 0.419 e. The van der Waals surface area contributed by atoms with Crippen molar-refractivity contribution in [2.24, 2.45) is 0 Å². The summed E-state index contributed by atoms with van der Waals surface area (Å²) in [5.41, 5.74) is 2.11. The zero-order valence-corrected chi connectivity index (χ0v) is 20.0. The van der Waals surface area contributed by atoms with Gasteiger partial charge in [0.25, 0.3) is 0 Å². The topological polar surface area (TPSA) is 87.1 Å². The molecule has 8 heteroatoms. The van der Waals surface area contributed by atoms with Gasteiger partial charge in [-0.15, -0.1) is 0 Å². The van der Waals surface area contributed by atoms with E-state index in [2.05, 4.69) is 4.90 Å². The lowest BCUT2D eigenvalue weighted by molar-refractivity contribution is -0.144. The third kappa shape index (κ3) is 5.82. The van der Waals surface area contributed by atoms with Crippen LogP contribution in [-0.2, 0) is 30.2 Å². The Morgan fingerprint density at radius 2 is 1.58 bits per heavy atom. The molecule has 0 N–H and O–H groups in total. The van der Waals surface area contributed by atoms with Crippen LogP contribution in [0.15, 0.2) is 41.6 Å². The molecule has 1 aliphatic rings. The quantitative estimate of drug-likeness (QED) is 0.223. The predicted octanol–water partition coefficient (Wildman–Crippen LogP) is 3.71. The van der Waals surface area contributed by atoms with Gasteiger partial charge in [-0.25, -0.2) is 14.4 Å². The minimum absolute atomic E-state index is 0.0140. The van der Waals surface area contributed by atoms with Gasteiger partial charge < -0.3 is 19.1 Å². The number of benzene rings is 1. The molecular weight excluding hydrogens is 424 g/mol. The van der Waals surface area contributed by atoms with E-state index in [1.807, 2.05) is 51.2 Å². The maximum Gasteiger partial charge on any atom is 0.419 e. The van der Waals surface area contributed by atoms with Crippen molar-refractivity contribution in [3.05, 3.63) is 47.2 Å². The van der Waals surface area contributed by atoms with Crippen molar-refractivity contribution >= 4 is 28.9 Å². The van der Waals surface area contributed by atoms with E-state index in [1.165, 1.54) is 14.2 Å². The van der Waals surface area contributed by atoms with E-state index in [9.17, 15) is 14.4 Å². The van der Waals surface area contributed by atoms with Gasteiger partial charge in [0.1, 0.15) is 11.2 Å². The minimum Gasteiger partial charge on any atom is -0.465 e. The molecular formula is C25H32N2O6. The van der Waals surface area contributed by atoms with E-state index in [1.54, 1.807) is 4.57 Å². The van der Waals surface area contributed by atoms with Crippen molar-refractivity contribution in [1.29, 1.82) is 0 Å². The molecule has 0 spiro atoms. The Labute approximate surface area is 194 Å². The van der Waals surface area contributed by atoms with Gasteiger partial charge in [0.15, 0.2) is 0 Å². The molecule has 0 radical (unpaired) electrons. The molecule has 33 heavy (non-hydrogen) atoms. The Morgan fingerprint density at radius 3 is 2.15 bits per heavy atom. The zero-order chi connectivity index (χ0) is 24.2. The van der Waals surface area contributed by atoms with E-state index in [0.717, 1.165) is 48.1 Å². The molecule has 0 unspecified atom stereocenters. The molecule has 1 aliphatic heterocycles. The summed E-state index contributed by atoms with van der Waals surface area (Å²) >= 11 is 0. The van der Waals surface area contributed by atoms with Crippen molar-refractivity contribution in [3.8, 4) is 0 Å². The lowest BCUT2D eigenvalue weighted by Crippen LogP contribution is -2.34. The minimum atomic E-state index is -0.653. The summed E-state index contributed by atoms with van der Waals surface area (Å²) in [5, 5.41) is 1.03. The SMILES string of the molecule is COC(=O)C(C(=O)OC)=C1CCN(CCc2cn(C(=O)OC(C)(C)C)c3ccccc23)CC1. The molecule has 0 aliphatic carbocycles. The van der Waals surface area contributed by atoms with Gasteiger partial charge in [-0.1, -0.05) is 18.2 Å². The fourth-order valence-corrected chi connectivity index (χ4v) is 4.06. The van der Waals surface area contributed by atoms with Crippen LogP contribution in [0.3, 0.4) is 0 Å². The van der Waals surface area contributed by atoms with Gasteiger partial charge in [-0.2, -0.15) is 0 Å². The molecule has 2 aromatic rings. The van der Waals surface area contributed by atoms with Crippen molar-refractivity contribution in [3.63, 3.8) is 0 Å². The second kappa shape index (κ2) is 10.2. The van der Waals surface area contributed by atoms with Crippen molar-refractivity contribution < 1.29 is 28.6 Å². The number of methoxy groups -OCH3 is 2. The van der Waals surface area contributed by atoms with Crippen LogP contribution in [0.5, 0.6) is 0 Å². The number of hydrogen-bond donors (Lipinski definition) is 0. The third-order valence-corrected chi connectivity index (χ3v) is 5.67. The van der Waals surface area contributed by atoms with Crippen LogP contribution in [-0.4, -0.2) is 67.0 Å². The molecule has 1 aromatic carbocycles. The molecule has 0 amide bonds. The maximum atomic E-state index is 12.7. The lowest BCUT2D eigenvalue weighted by atomic mass is 9.97. The number of hydrogen-bond acceptors (Lipinski definition) is 7. The first-order valence-electron chi connectivity index (χ1n) is 11.1. The predicted molar refractivity (Wildman–Crippen MR) is 124 cm³/mol. The van der Waals surface area contributed by atoms with Crippen molar-refractivity contribution in [2.45, 2.75) is 45.6 Å². The number of aromatic nitrogens is 1. The molecule has 3 rings (SSSR count). The highest BCUT2D eigenvalue weighted by Gasteiger charge is 2.27. The van der Waals surface area contributed by atoms with Gasteiger partial charge in [0.2, 0.25) is 0 Å². The molecule has 0 bridgehead atoms. The summed E-state index contributed by atoms with van der Waals surface area (Å²) in [6.07, 6.45) is 3.42. The summed E-state index contributed by atoms with van der Waals surface area (Å²) in [7, 11) is 2.52. The number of para-hydroxylation sites is 1. The highest BCUT2D eigenvalue weighted by atomic mass is 16.6. The van der Waals surface area contributed by atoms with E-state index in [4.69, 9.17) is 14.2 Å². The van der Waals surface area contributed by atoms with Crippen LogP contribution >= 0.6 is 0 Å². The molecule has 8 nitrogen and oxygen atoms in total. The second-order valence-electron chi connectivity index (χ2n) is 9.08. The van der Waals surface area contributed by atoms with E-state index >= 15 is 0 Å². The summed E-state index contributed by atoms with van der Waals surface area (Å²) < 4.78 is 16.7. The number of carbonyl (C=O) groups excluding carboxylic acids is 3. The normalized spacial score (nSPS) is 14.8. The number of likely N-dealkylation sites (tertiary alicyclic amines) is 1. The lowest BCUT2D eigenvalue weighted by Gasteiger charge is -2.29. The standard InChI is InChI=1S/C25H32N2O6/c1-25(2,3)33-24(30)27-16-18(19-8-6-7-9-20(19)27)12-15-26-13-10-17(11-14-26)21(22(28)31-4)23(29)32-5/h6-9,16H,10-15H2,1-5H3. The van der Waals surface area contributed by atoms with Gasteiger partial charge in [0.05, 0.1) is 19.7 Å². The largest absolute Gasteiger partial charge is 0.465 e. The number of esters is 2. The first-order valence-corrected chi connectivity index (χ1v) is 11.1. The molecule has 1 fully saturated rings. The number of nitrogens with zero attached hydrogens (tertiary/aromatic N) is 2. The molecule has 178 valence electrons. The van der Waals surface area contributed by atoms with E-state index < -0.39 is 23.6 Å². The average molecular weight is 457 g/mol. The highest BCUT2D eigenvalue weighted by molar-refractivity contribution is 6.14. The van der Waals surface area contributed by atoms with E-state index in [0.29, 0.717) is 12.8 Å². The number of piperidine rings is 1. The Morgan fingerprint density at radius 1 is 0.970 bits per heavy atom. The van der Waals surface area contributed by atoms with Crippen LogP contribution < -0.4 is 0 Å².